The first-order valence-electron chi connectivity index (χ1n) is 7.30. The first-order valence-corrected chi connectivity index (χ1v) is 7.30. The second-order valence-corrected chi connectivity index (χ2v) is 5.42. The maximum atomic E-state index is 12.1. The number of benzene rings is 1. The predicted molar refractivity (Wildman–Crippen MR) is 85.2 cm³/mol. The molecule has 0 fully saturated rings. The van der Waals surface area contributed by atoms with Gasteiger partial charge in [-0.3, -0.25) is 4.79 Å². The number of hydrogen-bond donors (Lipinski definition) is 2. The van der Waals surface area contributed by atoms with Crippen LogP contribution in [-0.2, 0) is 14.3 Å². The number of nitrogens with two attached hydrogens (primary N) is 1. The lowest BCUT2D eigenvalue weighted by molar-refractivity contribution is -0.114. The van der Waals surface area contributed by atoms with Crippen molar-refractivity contribution in [2.75, 3.05) is 11.9 Å². The molecule has 1 aromatic carbocycles. The van der Waals surface area contributed by atoms with Crippen LogP contribution in [0.25, 0.3) is 0 Å². The van der Waals surface area contributed by atoms with Crippen molar-refractivity contribution in [3.05, 3.63) is 29.3 Å². The van der Waals surface area contributed by atoms with Gasteiger partial charge in [0.2, 0.25) is 5.91 Å². The molecule has 23 heavy (non-hydrogen) atoms. The number of hydrogen-bond acceptors (Lipinski definition) is 6. The Morgan fingerprint density at radius 3 is 2.13 bits per heavy atom. The Morgan fingerprint density at radius 1 is 1.04 bits per heavy atom. The van der Waals surface area contributed by atoms with Crippen molar-refractivity contribution in [1.82, 2.24) is 0 Å². The zero-order chi connectivity index (χ0) is 17.6. The highest BCUT2D eigenvalue weighted by molar-refractivity contribution is 6.03. The van der Waals surface area contributed by atoms with Gasteiger partial charge < -0.3 is 20.5 Å². The topological polar surface area (TPSA) is 108 Å². The monoisotopic (exact) mass is 322 g/mol. The molecule has 0 aliphatic rings. The SMILES string of the molecule is CC(C)OC(=O)c1ccc(C(=O)OC(C)C)c(NC(=O)CN)c1. The van der Waals surface area contributed by atoms with Crippen molar-refractivity contribution >= 4 is 23.5 Å². The Hall–Kier alpha value is -2.41. The van der Waals surface area contributed by atoms with Gasteiger partial charge in [0.15, 0.2) is 0 Å². The average Bonchev–Trinajstić information content (AvgIpc) is 2.45. The Balaban J connectivity index is 3.17. The Morgan fingerprint density at radius 2 is 1.61 bits per heavy atom. The molecular weight excluding hydrogens is 300 g/mol. The minimum Gasteiger partial charge on any atom is -0.459 e. The smallest absolute Gasteiger partial charge is 0.340 e. The standard InChI is InChI=1S/C16H22N2O5/c1-9(2)22-15(20)11-5-6-12(16(21)23-10(3)4)13(7-11)18-14(19)8-17/h5-7,9-10H,8,17H2,1-4H3,(H,18,19). The lowest BCUT2D eigenvalue weighted by Gasteiger charge is -2.14. The molecule has 1 aromatic rings. The van der Waals surface area contributed by atoms with E-state index in [1.165, 1.54) is 18.2 Å². The fourth-order valence-electron chi connectivity index (χ4n) is 1.71. The maximum Gasteiger partial charge on any atom is 0.340 e. The zero-order valence-corrected chi connectivity index (χ0v) is 13.7. The van der Waals surface area contributed by atoms with Crippen molar-refractivity contribution in [2.45, 2.75) is 39.9 Å². The summed E-state index contributed by atoms with van der Waals surface area (Å²) in [4.78, 5) is 35.6. The van der Waals surface area contributed by atoms with Crippen molar-refractivity contribution < 1.29 is 23.9 Å². The van der Waals surface area contributed by atoms with Crippen molar-refractivity contribution in [2.24, 2.45) is 5.73 Å². The van der Waals surface area contributed by atoms with Crippen LogP contribution < -0.4 is 11.1 Å². The van der Waals surface area contributed by atoms with E-state index in [1.54, 1.807) is 27.7 Å². The summed E-state index contributed by atoms with van der Waals surface area (Å²) in [5.74, 6) is -1.64. The third-order valence-corrected chi connectivity index (χ3v) is 2.62. The largest absolute Gasteiger partial charge is 0.459 e. The number of nitrogens with one attached hydrogen (secondary N) is 1. The second-order valence-electron chi connectivity index (χ2n) is 5.42. The molecule has 0 aliphatic heterocycles. The number of anilines is 1. The van der Waals surface area contributed by atoms with Crippen LogP contribution in [0.3, 0.4) is 0 Å². The van der Waals surface area contributed by atoms with E-state index in [2.05, 4.69) is 5.32 Å². The number of carbonyl (C=O) groups is 3. The van der Waals surface area contributed by atoms with E-state index in [-0.39, 0.29) is 35.6 Å². The number of amides is 1. The molecule has 7 heteroatoms. The summed E-state index contributed by atoms with van der Waals surface area (Å²) >= 11 is 0. The van der Waals surface area contributed by atoms with Gasteiger partial charge in [-0.25, -0.2) is 9.59 Å². The van der Waals surface area contributed by atoms with E-state index in [0.717, 1.165) is 0 Å². The Labute approximate surface area is 135 Å². The van der Waals surface area contributed by atoms with Gasteiger partial charge in [0, 0.05) is 0 Å². The molecular formula is C16H22N2O5. The van der Waals surface area contributed by atoms with Gasteiger partial charge in [0.1, 0.15) is 0 Å². The molecule has 3 N–H and O–H groups in total. The van der Waals surface area contributed by atoms with Gasteiger partial charge in [0.25, 0.3) is 0 Å². The van der Waals surface area contributed by atoms with Crippen molar-refractivity contribution in [3.8, 4) is 0 Å². The summed E-state index contributed by atoms with van der Waals surface area (Å²) in [6.07, 6.45) is -0.596. The molecule has 0 heterocycles. The first-order chi connectivity index (χ1) is 10.7. The van der Waals surface area contributed by atoms with Gasteiger partial charge in [0.05, 0.1) is 35.6 Å². The van der Waals surface area contributed by atoms with E-state index in [1.807, 2.05) is 0 Å². The summed E-state index contributed by atoms with van der Waals surface area (Å²) in [5.41, 5.74) is 5.78. The zero-order valence-electron chi connectivity index (χ0n) is 13.7. The average molecular weight is 322 g/mol. The van der Waals surface area contributed by atoms with Crippen molar-refractivity contribution in [3.63, 3.8) is 0 Å². The molecule has 1 rings (SSSR count). The van der Waals surface area contributed by atoms with E-state index in [9.17, 15) is 14.4 Å². The number of rotatable bonds is 6. The summed E-state index contributed by atoms with van der Waals surface area (Å²) in [6.45, 7) is 6.63. The minimum absolute atomic E-state index is 0.140. The summed E-state index contributed by atoms with van der Waals surface area (Å²) in [6, 6.07) is 4.22. The lowest BCUT2D eigenvalue weighted by Crippen LogP contribution is -2.24. The van der Waals surface area contributed by atoms with Crippen LogP contribution in [0.5, 0.6) is 0 Å². The molecule has 0 aromatic heterocycles. The van der Waals surface area contributed by atoms with E-state index >= 15 is 0 Å². The van der Waals surface area contributed by atoms with E-state index < -0.39 is 17.8 Å². The quantitative estimate of drug-likeness (QED) is 0.772. The van der Waals surface area contributed by atoms with Crippen LogP contribution in [-0.4, -0.2) is 36.6 Å². The van der Waals surface area contributed by atoms with E-state index in [0.29, 0.717) is 0 Å². The number of carbonyl (C=O) groups excluding carboxylic acids is 3. The minimum atomic E-state index is -0.601. The summed E-state index contributed by atoms with van der Waals surface area (Å²) in [5, 5.41) is 2.49. The predicted octanol–water partition coefficient (Wildman–Crippen LogP) is 1.71. The highest BCUT2D eigenvalue weighted by Gasteiger charge is 2.19. The molecule has 0 spiro atoms. The van der Waals surface area contributed by atoms with Gasteiger partial charge in [-0.2, -0.15) is 0 Å². The molecule has 0 radical (unpaired) electrons. The Kier molecular flexibility index (Phi) is 6.71. The van der Waals surface area contributed by atoms with Crippen LogP contribution in [0.1, 0.15) is 48.4 Å². The van der Waals surface area contributed by atoms with Gasteiger partial charge in [-0.1, -0.05) is 0 Å². The van der Waals surface area contributed by atoms with Crippen LogP contribution in [0.2, 0.25) is 0 Å². The molecule has 126 valence electrons. The summed E-state index contributed by atoms with van der Waals surface area (Å²) < 4.78 is 10.2. The number of ether oxygens (including phenoxy) is 2. The number of esters is 2. The van der Waals surface area contributed by atoms with Crippen molar-refractivity contribution in [1.29, 1.82) is 0 Å². The lowest BCUT2D eigenvalue weighted by atomic mass is 10.1. The highest BCUT2D eigenvalue weighted by atomic mass is 16.5. The second kappa shape index (κ2) is 8.28. The van der Waals surface area contributed by atoms with Crippen LogP contribution in [0.15, 0.2) is 18.2 Å². The molecule has 0 saturated heterocycles. The van der Waals surface area contributed by atoms with Gasteiger partial charge in [-0.05, 0) is 45.9 Å². The van der Waals surface area contributed by atoms with Crippen LogP contribution in [0, 0.1) is 0 Å². The molecule has 0 atom stereocenters. The Bertz CT molecular complexity index is 596. The van der Waals surface area contributed by atoms with Gasteiger partial charge in [-0.15, -0.1) is 0 Å². The summed E-state index contributed by atoms with van der Waals surface area (Å²) in [7, 11) is 0. The maximum absolute atomic E-state index is 12.1. The van der Waals surface area contributed by atoms with Crippen LogP contribution in [0.4, 0.5) is 5.69 Å². The van der Waals surface area contributed by atoms with Crippen LogP contribution >= 0.6 is 0 Å². The third kappa shape index (κ3) is 5.71. The molecule has 0 aliphatic carbocycles. The molecule has 7 nitrogen and oxygen atoms in total. The normalized spacial score (nSPS) is 10.6. The van der Waals surface area contributed by atoms with E-state index in [4.69, 9.17) is 15.2 Å². The fourth-order valence-corrected chi connectivity index (χ4v) is 1.71. The molecule has 0 unspecified atom stereocenters. The molecule has 0 bridgehead atoms. The fraction of sp³-hybridized carbons (Fsp3) is 0.438. The highest BCUT2D eigenvalue weighted by Crippen LogP contribution is 2.20. The molecule has 1 amide bonds. The first kappa shape index (κ1) is 18.6. The van der Waals surface area contributed by atoms with Gasteiger partial charge >= 0.3 is 11.9 Å². The third-order valence-electron chi connectivity index (χ3n) is 2.62. The molecule has 0 saturated carbocycles.